The average molecular weight is 1050 g/mol. The molecule has 0 bridgehead atoms. The molecule has 1 aliphatic carbocycles. The van der Waals surface area contributed by atoms with E-state index in [2.05, 4.69) is 20.9 Å². The number of anilines is 1. The maximum absolute atomic E-state index is 13.9. The fourth-order valence-corrected chi connectivity index (χ4v) is 9.24. The van der Waals surface area contributed by atoms with Gasteiger partial charge in [0.1, 0.15) is 22.8 Å². The number of halogens is 2. The molecule has 3 fully saturated rings. The minimum Gasteiger partial charge on any atom is -0.459 e. The molecule has 22 heteroatoms. The second-order valence-corrected chi connectivity index (χ2v) is 22.9. The van der Waals surface area contributed by atoms with E-state index >= 15 is 0 Å². The summed E-state index contributed by atoms with van der Waals surface area (Å²) in [5.41, 5.74) is -1.01. The Morgan fingerprint density at radius 1 is 0.693 bits per heavy atom. The Kier molecular flexibility index (Phi) is 21.0. The summed E-state index contributed by atoms with van der Waals surface area (Å²) in [4.78, 5) is 106. The smallest absolute Gasteiger partial charge is 0.320 e. The van der Waals surface area contributed by atoms with Gasteiger partial charge in [0.15, 0.2) is 0 Å². The highest BCUT2D eigenvalue weighted by atomic mass is 19.3. The zero-order valence-electron chi connectivity index (χ0n) is 45.2. The number of ether oxygens (including phenoxy) is 3. The number of benzene rings is 1. The van der Waals surface area contributed by atoms with Crippen LogP contribution in [0.25, 0.3) is 10.9 Å². The van der Waals surface area contributed by atoms with Crippen LogP contribution >= 0.6 is 0 Å². The van der Waals surface area contributed by atoms with Gasteiger partial charge in [-0.15, -0.1) is 0 Å². The summed E-state index contributed by atoms with van der Waals surface area (Å²) in [7, 11) is 0. The lowest BCUT2D eigenvalue weighted by Gasteiger charge is -2.34. The van der Waals surface area contributed by atoms with Crippen molar-refractivity contribution < 1.29 is 56.6 Å². The quantitative estimate of drug-likeness (QED) is 0.170. The number of hydrogen-bond acceptors (Lipinski definition) is 16. The number of likely N-dealkylation sites (tertiary alicyclic amines) is 1. The van der Waals surface area contributed by atoms with Crippen LogP contribution in [0.4, 0.5) is 14.5 Å². The summed E-state index contributed by atoms with van der Waals surface area (Å²) in [5.74, 6) is -6.36. The van der Waals surface area contributed by atoms with Crippen LogP contribution in [0.1, 0.15) is 105 Å². The van der Waals surface area contributed by atoms with Gasteiger partial charge in [-0.25, -0.2) is 8.78 Å². The first kappa shape index (κ1) is 60.0. The molecule has 3 aliphatic rings. The van der Waals surface area contributed by atoms with Crippen molar-refractivity contribution in [2.24, 2.45) is 11.8 Å². The summed E-state index contributed by atoms with van der Waals surface area (Å²) < 4.78 is 44.8. The number of fused-ring (bicyclic) bond motifs is 1. The lowest BCUT2D eigenvalue weighted by atomic mass is 9.81. The number of nitrogens with one attached hydrogen (secondary N) is 3. The lowest BCUT2D eigenvalue weighted by molar-refractivity contribution is -0.158. The molecule has 2 aliphatic heterocycles. The number of carbonyl (C=O) groups excluding carboxylic acids is 7. The van der Waals surface area contributed by atoms with Crippen molar-refractivity contribution in [2.45, 2.75) is 123 Å². The fourth-order valence-electron chi connectivity index (χ4n) is 9.24. The van der Waals surface area contributed by atoms with Gasteiger partial charge in [0.05, 0.1) is 56.4 Å². The van der Waals surface area contributed by atoms with Gasteiger partial charge in [-0.3, -0.25) is 58.1 Å². The zero-order chi connectivity index (χ0) is 55.3. The molecule has 1 aromatic carbocycles. The normalized spacial score (nSPS) is 20.9. The van der Waals surface area contributed by atoms with Crippen LogP contribution in [0.3, 0.4) is 0 Å². The highest BCUT2D eigenvalue weighted by Gasteiger charge is 2.47. The molecular weight excluding hydrogens is 975 g/mol. The summed E-state index contributed by atoms with van der Waals surface area (Å²) in [6.07, 6.45) is 3.22. The Labute approximate surface area is 439 Å². The monoisotopic (exact) mass is 1050 g/mol. The van der Waals surface area contributed by atoms with Gasteiger partial charge in [0.25, 0.3) is 11.8 Å². The third-order valence-electron chi connectivity index (χ3n) is 12.8. The summed E-state index contributed by atoms with van der Waals surface area (Å²) in [5, 5.41) is 18.2. The largest absolute Gasteiger partial charge is 0.459 e. The van der Waals surface area contributed by atoms with E-state index in [0.29, 0.717) is 101 Å². The molecule has 2 aromatic rings. The maximum atomic E-state index is 13.9. The van der Waals surface area contributed by atoms with E-state index < -0.39 is 60.1 Å². The number of pyridine rings is 1. The van der Waals surface area contributed by atoms with Crippen LogP contribution in [0.2, 0.25) is 0 Å². The van der Waals surface area contributed by atoms with Crippen LogP contribution < -0.4 is 16.0 Å². The standard InChI is InChI=1S/C53H78F2N10O10/c1-50(2,3)73-45(68)32-62-20-18-61(19-21-63(33-46(69)74-51(4,5)6)23-25-64(24-22-62)34-47(70)75-52(7,8)9)31-43(66)58-29-36-10-12-37(13-11-36)48(71)60-38-14-15-42-41(26-38)40(16-17-57-42)49(72)59-30-44(67)65-35-53(54,55)27-39(65)28-56/h14-17,26,36-37,39H,10-13,18-25,27,29-35H2,1-9H3,(H,58,66)(H,59,72)(H,60,71)/t36?,37?,39-/m0/s1. The van der Waals surface area contributed by atoms with Crippen molar-refractivity contribution in [1.29, 1.82) is 5.26 Å². The Morgan fingerprint density at radius 2 is 1.17 bits per heavy atom. The first-order valence-corrected chi connectivity index (χ1v) is 25.9. The average Bonchev–Trinajstić information content (AvgIpc) is 3.63. The molecule has 414 valence electrons. The van der Waals surface area contributed by atoms with E-state index in [0.717, 1.165) is 4.90 Å². The first-order chi connectivity index (χ1) is 35.0. The van der Waals surface area contributed by atoms with E-state index in [1.165, 1.54) is 12.3 Å². The predicted molar refractivity (Wildman–Crippen MR) is 275 cm³/mol. The second-order valence-electron chi connectivity index (χ2n) is 22.9. The van der Waals surface area contributed by atoms with E-state index in [-0.39, 0.29) is 73.3 Å². The fraction of sp³-hybridized carbons (Fsp3) is 0.679. The number of alkyl halides is 2. The van der Waals surface area contributed by atoms with Gasteiger partial charge in [-0.2, -0.15) is 5.26 Å². The molecule has 20 nitrogen and oxygen atoms in total. The number of carbonyl (C=O) groups is 7. The highest BCUT2D eigenvalue weighted by Crippen LogP contribution is 2.32. The maximum Gasteiger partial charge on any atom is 0.320 e. The molecule has 0 radical (unpaired) electrons. The van der Waals surface area contributed by atoms with Gasteiger partial charge < -0.3 is 35.1 Å². The Morgan fingerprint density at radius 3 is 1.64 bits per heavy atom. The van der Waals surface area contributed by atoms with E-state index in [4.69, 9.17) is 14.2 Å². The van der Waals surface area contributed by atoms with Crippen molar-refractivity contribution in [3.05, 3.63) is 36.0 Å². The molecule has 3 heterocycles. The number of hydrogen-bond donors (Lipinski definition) is 3. The lowest BCUT2D eigenvalue weighted by Crippen LogP contribution is -2.50. The minimum atomic E-state index is -3.19. The number of amides is 4. The van der Waals surface area contributed by atoms with Crippen molar-refractivity contribution in [2.75, 3.05) is 103 Å². The Balaban J connectivity index is 1.16. The van der Waals surface area contributed by atoms with Gasteiger partial charge in [0, 0.05) is 88.5 Å². The number of nitriles is 1. The van der Waals surface area contributed by atoms with E-state index in [1.54, 1.807) is 24.3 Å². The molecular formula is C53H78F2N10O10. The van der Waals surface area contributed by atoms with Crippen molar-refractivity contribution >= 4 is 58.1 Å². The van der Waals surface area contributed by atoms with Crippen LogP contribution in [0.15, 0.2) is 30.5 Å². The minimum absolute atomic E-state index is 0.00851. The molecule has 2 saturated heterocycles. The highest BCUT2D eigenvalue weighted by molar-refractivity contribution is 6.08. The molecule has 0 unspecified atom stereocenters. The van der Waals surface area contributed by atoms with E-state index in [1.807, 2.05) is 81.9 Å². The number of aromatic nitrogens is 1. The van der Waals surface area contributed by atoms with Crippen LogP contribution in [-0.4, -0.2) is 198 Å². The third kappa shape index (κ3) is 20.6. The van der Waals surface area contributed by atoms with Crippen LogP contribution in [0.5, 0.6) is 0 Å². The van der Waals surface area contributed by atoms with Gasteiger partial charge in [0.2, 0.25) is 17.7 Å². The second kappa shape index (κ2) is 26.2. The molecule has 1 atom stereocenters. The predicted octanol–water partition coefficient (Wildman–Crippen LogP) is 3.83. The Bertz CT molecular complexity index is 2340. The number of esters is 3. The summed E-state index contributed by atoms with van der Waals surface area (Å²) in [6, 6.07) is 6.82. The summed E-state index contributed by atoms with van der Waals surface area (Å²) in [6.45, 7) is 18.6. The molecule has 1 aromatic heterocycles. The van der Waals surface area contributed by atoms with Gasteiger partial charge in [-0.05, 0) is 118 Å². The summed E-state index contributed by atoms with van der Waals surface area (Å²) >= 11 is 0. The van der Waals surface area contributed by atoms with Crippen LogP contribution in [0, 0.1) is 23.2 Å². The topological polar surface area (TPSA) is 236 Å². The number of rotatable bonds is 15. The van der Waals surface area contributed by atoms with Crippen molar-refractivity contribution in [1.82, 2.24) is 40.1 Å². The molecule has 1 saturated carbocycles. The number of nitrogens with zero attached hydrogens (tertiary/aromatic N) is 7. The van der Waals surface area contributed by atoms with Gasteiger partial charge >= 0.3 is 17.9 Å². The van der Waals surface area contributed by atoms with Crippen molar-refractivity contribution in [3.8, 4) is 6.07 Å². The molecule has 5 rings (SSSR count). The first-order valence-electron chi connectivity index (χ1n) is 25.9. The molecule has 75 heavy (non-hydrogen) atoms. The molecule has 0 spiro atoms. The molecule has 4 amide bonds. The van der Waals surface area contributed by atoms with Crippen LogP contribution in [-0.2, 0) is 43.0 Å². The van der Waals surface area contributed by atoms with Crippen molar-refractivity contribution in [3.63, 3.8) is 0 Å². The van der Waals surface area contributed by atoms with Gasteiger partial charge in [-0.1, -0.05) is 0 Å². The van der Waals surface area contributed by atoms with E-state index in [9.17, 15) is 47.6 Å². The SMILES string of the molecule is CC(C)(C)OC(=O)CN1CCN(CC(=O)NCC2CCC(C(=O)Nc3ccc4nccc(C(=O)NCC(=O)N5CC(F)(F)C[C@H]5C#N)c4c3)CC2)CCN(CC(=O)OC(C)(C)C)CCN(CC(=O)OC(C)(C)C)CC1. The zero-order valence-corrected chi connectivity index (χ0v) is 45.2. The Hall–Kier alpha value is -5.89. The third-order valence-corrected chi connectivity index (χ3v) is 12.8. The molecule has 3 N–H and O–H groups in total.